The maximum Gasteiger partial charge on any atom is 0.246 e. The molecule has 0 radical (unpaired) electrons. The first-order chi connectivity index (χ1) is 12.9. The van der Waals surface area contributed by atoms with E-state index in [2.05, 4.69) is 38.9 Å². The van der Waals surface area contributed by atoms with Crippen molar-refractivity contribution in [3.05, 3.63) is 58.4 Å². The van der Waals surface area contributed by atoms with E-state index in [1.54, 1.807) is 17.5 Å². The van der Waals surface area contributed by atoms with Crippen molar-refractivity contribution in [3.8, 4) is 10.6 Å². The van der Waals surface area contributed by atoms with Crippen molar-refractivity contribution in [1.29, 1.82) is 0 Å². The molecule has 0 saturated heterocycles. The smallest absolute Gasteiger partial charge is 0.246 e. The molecule has 0 unspecified atom stereocenters. The maximum absolute atomic E-state index is 11.6. The summed E-state index contributed by atoms with van der Waals surface area (Å²) in [5.41, 5.74) is 4.24. The van der Waals surface area contributed by atoms with Gasteiger partial charge in [0, 0.05) is 60.7 Å². The molecule has 0 aliphatic carbocycles. The molecule has 0 fully saturated rings. The highest BCUT2D eigenvalue weighted by Crippen LogP contribution is 2.29. The van der Waals surface area contributed by atoms with Crippen molar-refractivity contribution in [2.24, 2.45) is 0 Å². The number of hydrogen-bond donors (Lipinski definition) is 0. The molecule has 3 aromatic rings. The van der Waals surface area contributed by atoms with Crippen LogP contribution in [0.2, 0.25) is 0 Å². The lowest BCUT2D eigenvalue weighted by Crippen LogP contribution is -2.31. The third kappa shape index (κ3) is 3.92. The lowest BCUT2D eigenvalue weighted by molar-refractivity contribution is 0.244. The van der Waals surface area contributed by atoms with Crippen LogP contribution in [0.3, 0.4) is 0 Å². The Balaban J connectivity index is 1.49. The topological polar surface area (TPSA) is 76.1 Å². The summed E-state index contributed by atoms with van der Waals surface area (Å²) >= 11 is 1.72. The molecule has 1 aliphatic heterocycles. The summed E-state index contributed by atoms with van der Waals surface area (Å²) in [6.07, 6.45) is 5.46. The highest BCUT2D eigenvalue weighted by Gasteiger charge is 2.21. The average molecular weight is 401 g/mol. The molecule has 4 rings (SSSR count). The van der Waals surface area contributed by atoms with E-state index in [9.17, 15) is 8.42 Å². The summed E-state index contributed by atoms with van der Waals surface area (Å²) in [5, 5.41) is 0.960. The molecule has 0 amide bonds. The Morgan fingerprint density at radius 3 is 2.78 bits per heavy atom. The van der Waals surface area contributed by atoms with Crippen molar-refractivity contribution >= 4 is 21.2 Å². The van der Waals surface area contributed by atoms with Gasteiger partial charge in [-0.1, -0.05) is 24.3 Å². The van der Waals surface area contributed by atoms with Gasteiger partial charge in [0.2, 0.25) is 15.0 Å². The second kappa shape index (κ2) is 7.10. The normalized spacial score (nSPS) is 14.9. The number of sulfone groups is 1. The summed E-state index contributed by atoms with van der Waals surface area (Å²) in [6.45, 7) is 4.47. The predicted octanol–water partition coefficient (Wildman–Crippen LogP) is 2.87. The van der Waals surface area contributed by atoms with Gasteiger partial charge in [-0.05, 0) is 12.5 Å². The van der Waals surface area contributed by atoms with Crippen LogP contribution < -0.4 is 0 Å². The van der Waals surface area contributed by atoms with Crippen LogP contribution in [-0.2, 0) is 29.3 Å². The molecule has 1 aromatic carbocycles. The van der Waals surface area contributed by atoms with Gasteiger partial charge in [0.05, 0.1) is 5.69 Å². The molecule has 0 spiro atoms. The average Bonchev–Trinajstić information content (AvgIpc) is 3.09. The third-order valence-corrected chi connectivity index (χ3v) is 6.51. The van der Waals surface area contributed by atoms with Crippen molar-refractivity contribution in [3.63, 3.8) is 0 Å². The molecule has 140 valence electrons. The lowest BCUT2D eigenvalue weighted by atomic mass is 10.1. The number of rotatable bonds is 4. The first kappa shape index (κ1) is 18.2. The highest BCUT2D eigenvalue weighted by molar-refractivity contribution is 7.90. The van der Waals surface area contributed by atoms with Gasteiger partial charge in [0.15, 0.2) is 0 Å². The van der Waals surface area contributed by atoms with Gasteiger partial charge in [0.1, 0.15) is 5.01 Å². The molecule has 0 atom stereocenters. The first-order valence-corrected chi connectivity index (χ1v) is 11.4. The van der Waals surface area contributed by atoms with Crippen molar-refractivity contribution in [2.45, 2.75) is 31.6 Å². The Hall–Kier alpha value is -2.16. The molecule has 27 heavy (non-hydrogen) atoms. The van der Waals surface area contributed by atoms with Gasteiger partial charge >= 0.3 is 0 Å². The van der Waals surface area contributed by atoms with Gasteiger partial charge < -0.3 is 0 Å². The number of fused-ring (bicyclic) bond motifs is 1. The van der Waals surface area contributed by atoms with Crippen molar-refractivity contribution in [2.75, 3.05) is 12.8 Å². The van der Waals surface area contributed by atoms with Crippen molar-refractivity contribution in [1.82, 2.24) is 19.9 Å². The quantitative estimate of drug-likeness (QED) is 0.627. The molecule has 3 heterocycles. The van der Waals surface area contributed by atoms with Crippen LogP contribution in [0.5, 0.6) is 0 Å². The number of benzene rings is 1. The number of aryl methyl sites for hydroxylation is 1. The molecule has 2 aromatic heterocycles. The zero-order valence-corrected chi connectivity index (χ0v) is 16.8. The number of hydrogen-bond acceptors (Lipinski definition) is 7. The summed E-state index contributed by atoms with van der Waals surface area (Å²) in [6, 6.07) is 8.28. The maximum atomic E-state index is 11.6. The van der Waals surface area contributed by atoms with E-state index in [1.165, 1.54) is 16.0 Å². The molecule has 0 bridgehead atoms. The van der Waals surface area contributed by atoms with Crippen LogP contribution in [0, 0.1) is 6.92 Å². The van der Waals surface area contributed by atoms with Crippen LogP contribution in [0.1, 0.15) is 21.7 Å². The van der Waals surface area contributed by atoms with E-state index >= 15 is 0 Å². The van der Waals surface area contributed by atoms with Gasteiger partial charge in [-0.2, -0.15) is 0 Å². The fourth-order valence-electron chi connectivity index (χ4n) is 3.21. The second-order valence-electron chi connectivity index (χ2n) is 6.80. The fraction of sp³-hybridized carbons (Fsp3) is 0.316. The fourth-order valence-corrected chi connectivity index (χ4v) is 4.77. The molecule has 0 N–H and O–H groups in total. The first-order valence-electron chi connectivity index (χ1n) is 8.68. The lowest BCUT2D eigenvalue weighted by Gasteiger charge is -2.27. The summed E-state index contributed by atoms with van der Waals surface area (Å²) < 4.78 is 23.3. The highest BCUT2D eigenvalue weighted by atomic mass is 32.2. The van der Waals surface area contributed by atoms with Gasteiger partial charge in [0.25, 0.3) is 0 Å². The predicted molar refractivity (Wildman–Crippen MR) is 105 cm³/mol. The Kier molecular flexibility index (Phi) is 4.79. The molecule has 6 nitrogen and oxygen atoms in total. The number of aromatic nitrogens is 3. The van der Waals surface area contributed by atoms with Crippen LogP contribution in [0.25, 0.3) is 10.6 Å². The largest absolute Gasteiger partial charge is 0.293 e. The molecule has 1 aliphatic rings. The Morgan fingerprint density at radius 1 is 1.19 bits per heavy atom. The molecule has 0 saturated carbocycles. The molecule has 8 heteroatoms. The van der Waals surface area contributed by atoms with E-state index in [1.807, 2.05) is 18.3 Å². The Morgan fingerprint density at radius 2 is 2.00 bits per heavy atom. The monoisotopic (exact) mass is 400 g/mol. The van der Waals surface area contributed by atoms with Crippen LogP contribution in [0.15, 0.2) is 41.8 Å². The van der Waals surface area contributed by atoms with Crippen LogP contribution in [0.4, 0.5) is 0 Å². The zero-order valence-electron chi connectivity index (χ0n) is 15.2. The summed E-state index contributed by atoms with van der Waals surface area (Å²) in [4.78, 5) is 16.4. The Bertz CT molecular complexity index is 1090. The minimum Gasteiger partial charge on any atom is -0.293 e. The van der Waals surface area contributed by atoms with E-state index in [4.69, 9.17) is 0 Å². The van der Waals surface area contributed by atoms with E-state index in [0.717, 1.165) is 48.6 Å². The van der Waals surface area contributed by atoms with E-state index < -0.39 is 9.84 Å². The SMILES string of the molecule is Cc1ccccc1-c1ncc(CN2CCc3nc(S(C)(=O)=O)ncc3C2)s1. The van der Waals surface area contributed by atoms with Crippen LogP contribution in [-0.4, -0.2) is 41.1 Å². The zero-order chi connectivity index (χ0) is 19.0. The van der Waals surface area contributed by atoms with Crippen molar-refractivity contribution < 1.29 is 8.42 Å². The van der Waals surface area contributed by atoms with E-state index in [0.29, 0.717) is 0 Å². The van der Waals surface area contributed by atoms with Crippen LogP contribution >= 0.6 is 11.3 Å². The second-order valence-corrected chi connectivity index (χ2v) is 9.83. The van der Waals surface area contributed by atoms with Gasteiger partial charge in [-0.3, -0.25) is 4.90 Å². The summed E-state index contributed by atoms with van der Waals surface area (Å²) in [7, 11) is -3.37. The molecular formula is C19H20N4O2S2. The van der Waals surface area contributed by atoms with E-state index in [-0.39, 0.29) is 5.16 Å². The van der Waals surface area contributed by atoms with Gasteiger partial charge in [-0.25, -0.2) is 23.4 Å². The van der Waals surface area contributed by atoms with Gasteiger partial charge in [-0.15, -0.1) is 11.3 Å². The minimum absolute atomic E-state index is 0.0833. The summed E-state index contributed by atoms with van der Waals surface area (Å²) in [5.74, 6) is 0. The molecular weight excluding hydrogens is 380 g/mol. The number of nitrogens with zero attached hydrogens (tertiary/aromatic N) is 4. The standard InChI is InChI=1S/C19H20N4O2S2/c1-13-5-3-4-6-16(13)18-20-10-15(26-18)12-23-8-7-17-14(11-23)9-21-19(22-17)27(2,24)25/h3-6,9-10H,7-8,11-12H2,1-2H3. The third-order valence-electron chi connectivity index (χ3n) is 4.63. The number of thiazole rings is 1. The minimum atomic E-state index is -3.37. The Labute approximate surface area is 162 Å².